The number of rotatable bonds is 4. The van der Waals surface area contributed by atoms with Gasteiger partial charge in [0, 0.05) is 6.42 Å². The molecule has 100 valence electrons. The highest BCUT2D eigenvalue weighted by Crippen LogP contribution is 2.15. The summed E-state index contributed by atoms with van der Waals surface area (Å²) in [6, 6.07) is 15.1. The zero-order chi connectivity index (χ0) is 13.9. The molecule has 5 heteroatoms. The highest BCUT2D eigenvalue weighted by Gasteiger charge is 2.13. The summed E-state index contributed by atoms with van der Waals surface area (Å²) < 4.78 is 5.65. The molecule has 0 amide bonds. The van der Waals surface area contributed by atoms with Crippen LogP contribution in [0.3, 0.4) is 0 Å². The molecule has 0 saturated carbocycles. The van der Waals surface area contributed by atoms with E-state index < -0.39 is 7.12 Å². The number of aryl methyl sites for hydroxylation is 2. The summed E-state index contributed by atoms with van der Waals surface area (Å²) in [7, 11) is -1.48. The van der Waals surface area contributed by atoms with Crippen molar-refractivity contribution in [2.24, 2.45) is 0 Å². The number of hydrogen-bond donors (Lipinski definition) is 2. The number of oxazole rings is 1. The van der Waals surface area contributed by atoms with Crippen molar-refractivity contribution in [3.63, 3.8) is 0 Å². The predicted molar refractivity (Wildman–Crippen MR) is 77.7 cm³/mol. The van der Waals surface area contributed by atoms with Crippen LogP contribution < -0.4 is 5.46 Å². The molecule has 0 aliphatic carbocycles. The van der Waals surface area contributed by atoms with Gasteiger partial charge >= 0.3 is 7.12 Å². The van der Waals surface area contributed by atoms with E-state index in [2.05, 4.69) is 17.1 Å². The van der Waals surface area contributed by atoms with Gasteiger partial charge in [-0.25, -0.2) is 4.98 Å². The van der Waals surface area contributed by atoms with E-state index in [1.54, 1.807) is 18.2 Å². The first-order valence-electron chi connectivity index (χ1n) is 6.52. The van der Waals surface area contributed by atoms with Gasteiger partial charge in [-0.15, -0.1) is 0 Å². The third-order valence-electron chi connectivity index (χ3n) is 3.22. The molecule has 4 nitrogen and oxygen atoms in total. The zero-order valence-electron chi connectivity index (χ0n) is 10.9. The molecule has 0 fully saturated rings. The van der Waals surface area contributed by atoms with Gasteiger partial charge in [0.05, 0.1) is 0 Å². The van der Waals surface area contributed by atoms with Crippen molar-refractivity contribution in [2.45, 2.75) is 12.8 Å². The fraction of sp³-hybridized carbons (Fsp3) is 0.133. The smallest absolute Gasteiger partial charge is 0.441 e. The summed E-state index contributed by atoms with van der Waals surface area (Å²) in [5, 5.41) is 18.3. The topological polar surface area (TPSA) is 66.5 Å². The summed E-state index contributed by atoms with van der Waals surface area (Å²) in [6.45, 7) is 0. The summed E-state index contributed by atoms with van der Waals surface area (Å²) in [5.41, 5.74) is 2.97. The molecule has 3 rings (SSSR count). The minimum Gasteiger partial charge on any atom is -0.441 e. The molecule has 0 bridgehead atoms. The Bertz CT molecular complexity index is 709. The second-order valence-electron chi connectivity index (χ2n) is 4.69. The Kier molecular flexibility index (Phi) is 3.54. The third-order valence-corrected chi connectivity index (χ3v) is 3.22. The standard InChI is InChI=1S/C15H14BNO3/c18-16(19)12-7-8-14-13(10-12)17-15(20-14)9-6-11-4-2-1-3-5-11/h1-5,7-8,10,18-19H,6,9H2. The van der Waals surface area contributed by atoms with Crippen molar-refractivity contribution in [1.29, 1.82) is 0 Å². The molecule has 2 N–H and O–H groups in total. The van der Waals surface area contributed by atoms with E-state index in [9.17, 15) is 0 Å². The number of aromatic nitrogens is 1. The summed E-state index contributed by atoms with van der Waals surface area (Å²) in [5.74, 6) is 0.661. The SMILES string of the molecule is OB(O)c1ccc2oc(CCc3ccccc3)nc2c1. The van der Waals surface area contributed by atoms with Crippen LogP contribution in [0.2, 0.25) is 0 Å². The van der Waals surface area contributed by atoms with Gasteiger partial charge in [-0.1, -0.05) is 36.4 Å². The van der Waals surface area contributed by atoms with E-state index in [0.29, 0.717) is 22.5 Å². The van der Waals surface area contributed by atoms with E-state index in [0.717, 1.165) is 12.8 Å². The Morgan fingerprint density at radius 1 is 1.00 bits per heavy atom. The van der Waals surface area contributed by atoms with Gasteiger partial charge in [0.25, 0.3) is 0 Å². The first kappa shape index (κ1) is 12.9. The molecule has 2 aromatic carbocycles. The van der Waals surface area contributed by atoms with Crippen molar-refractivity contribution >= 4 is 23.7 Å². The quantitative estimate of drug-likeness (QED) is 0.699. The van der Waals surface area contributed by atoms with Gasteiger partial charge in [-0.2, -0.15) is 0 Å². The van der Waals surface area contributed by atoms with Crippen LogP contribution in [0.25, 0.3) is 11.1 Å². The van der Waals surface area contributed by atoms with Crippen molar-refractivity contribution in [3.8, 4) is 0 Å². The van der Waals surface area contributed by atoms with Crippen LogP contribution in [0.1, 0.15) is 11.5 Å². The Labute approximate surface area is 116 Å². The Morgan fingerprint density at radius 2 is 1.80 bits per heavy atom. The van der Waals surface area contributed by atoms with Gasteiger partial charge < -0.3 is 14.5 Å². The van der Waals surface area contributed by atoms with Crippen LogP contribution in [0.5, 0.6) is 0 Å². The first-order chi connectivity index (χ1) is 9.72. The van der Waals surface area contributed by atoms with Crippen molar-refractivity contribution in [1.82, 2.24) is 4.98 Å². The van der Waals surface area contributed by atoms with Crippen LogP contribution in [0.4, 0.5) is 0 Å². The van der Waals surface area contributed by atoms with E-state index >= 15 is 0 Å². The molecular formula is C15H14BNO3. The molecule has 0 atom stereocenters. The van der Waals surface area contributed by atoms with Crippen LogP contribution in [0.15, 0.2) is 52.9 Å². The van der Waals surface area contributed by atoms with E-state index in [-0.39, 0.29) is 0 Å². The summed E-state index contributed by atoms with van der Waals surface area (Å²) in [6.07, 6.45) is 1.58. The zero-order valence-corrected chi connectivity index (χ0v) is 10.9. The van der Waals surface area contributed by atoms with Gasteiger partial charge in [-0.3, -0.25) is 0 Å². The third kappa shape index (κ3) is 2.74. The fourth-order valence-electron chi connectivity index (χ4n) is 2.16. The summed E-state index contributed by atoms with van der Waals surface area (Å²) >= 11 is 0. The molecule has 0 aliphatic heterocycles. The van der Waals surface area contributed by atoms with E-state index in [1.807, 2.05) is 18.2 Å². The first-order valence-corrected chi connectivity index (χ1v) is 6.52. The maximum absolute atomic E-state index is 9.14. The van der Waals surface area contributed by atoms with Crippen LogP contribution in [-0.2, 0) is 12.8 Å². The average Bonchev–Trinajstić information content (AvgIpc) is 2.88. The van der Waals surface area contributed by atoms with Gasteiger partial charge in [0.1, 0.15) is 5.52 Å². The van der Waals surface area contributed by atoms with Crippen molar-refractivity contribution in [3.05, 3.63) is 60.0 Å². The minimum atomic E-state index is -1.48. The monoisotopic (exact) mass is 267 g/mol. The van der Waals surface area contributed by atoms with E-state index in [4.69, 9.17) is 14.5 Å². The van der Waals surface area contributed by atoms with Crippen LogP contribution in [-0.4, -0.2) is 22.2 Å². The van der Waals surface area contributed by atoms with Crippen LogP contribution in [0, 0.1) is 0 Å². The lowest BCUT2D eigenvalue weighted by Crippen LogP contribution is -2.29. The molecule has 20 heavy (non-hydrogen) atoms. The number of benzene rings is 2. The van der Waals surface area contributed by atoms with Gasteiger partial charge in [0.2, 0.25) is 0 Å². The number of nitrogens with zero attached hydrogens (tertiary/aromatic N) is 1. The lowest BCUT2D eigenvalue weighted by Gasteiger charge is -1.96. The van der Waals surface area contributed by atoms with Gasteiger partial charge in [-0.05, 0) is 29.6 Å². The number of fused-ring (bicyclic) bond motifs is 1. The molecular weight excluding hydrogens is 253 g/mol. The number of hydrogen-bond acceptors (Lipinski definition) is 4. The minimum absolute atomic E-state index is 0.417. The maximum Gasteiger partial charge on any atom is 0.488 e. The molecule has 0 aliphatic rings. The molecule has 0 unspecified atom stereocenters. The summed E-state index contributed by atoms with van der Waals surface area (Å²) in [4.78, 5) is 4.38. The molecule has 1 aromatic heterocycles. The second-order valence-corrected chi connectivity index (χ2v) is 4.69. The van der Waals surface area contributed by atoms with Gasteiger partial charge in [0.15, 0.2) is 11.5 Å². The Morgan fingerprint density at radius 3 is 2.55 bits per heavy atom. The predicted octanol–water partition coefficient (Wildman–Crippen LogP) is 1.29. The highest BCUT2D eigenvalue weighted by molar-refractivity contribution is 6.58. The average molecular weight is 267 g/mol. The normalized spacial score (nSPS) is 10.9. The van der Waals surface area contributed by atoms with Crippen LogP contribution >= 0.6 is 0 Å². The highest BCUT2D eigenvalue weighted by atomic mass is 16.4. The molecule has 3 aromatic rings. The lowest BCUT2D eigenvalue weighted by molar-refractivity contribution is 0.426. The molecule has 0 spiro atoms. The Balaban J connectivity index is 1.79. The van der Waals surface area contributed by atoms with Crippen molar-refractivity contribution in [2.75, 3.05) is 0 Å². The lowest BCUT2D eigenvalue weighted by atomic mass is 9.80. The largest absolute Gasteiger partial charge is 0.488 e. The Hall–Kier alpha value is -2.11. The van der Waals surface area contributed by atoms with Crippen molar-refractivity contribution < 1.29 is 14.5 Å². The molecule has 0 radical (unpaired) electrons. The molecule has 0 saturated heterocycles. The molecule has 1 heterocycles. The fourth-order valence-corrected chi connectivity index (χ4v) is 2.16. The second kappa shape index (κ2) is 5.49. The maximum atomic E-state index is 9.14. The van der Waals surface area contributed by atoms with E-state index in [1.165, 1.54) is 5.56 Å².